The van der Waals surface area contributed by atoms with Crippen molar-refractivity contribution in [3.05, 3.63) is 18.2 Å². The van der Waals surface area contributed by atoms with Crippen LogP contribution in [0.25, 0.3) is 0 Å². The normalized spacial score (nSPS) is 24.4. The van der Waals surface area contributed by atoms with E-state index in [4.69, 9.17) is 4.74 Å². The van der Waals surface area contributed by atoms with Crippen LogP contribution in [0.5, 0.6) is 5.75 Å². The van der Waals surface area contributed by atoms with Crippen molar-refractivity contribution in [3.63, 3.8) is 0 Å². The van der Waals surface area contributed by atoms with E-state index in [1.807, 2.05) is 0 Å². The molecule has 1 saturated carbocycles. The minimum absolute atomic E-state index is 0. The molecule has 158 valence electrons. The summed E-state index contributed by atoms with van der Waals surface area (Å²) in [5, 5.41) is 6.32. The molecule has 1 saturated heterocycles. The summed E-state index contributed by atoms with van der Waals surface area (Å²) in [5.41, 5.74) is 0.459. The van der Waals surface area contributed by atoms with E-state index in [1.165, 1.54) is 39.4 Å². The zero-order chi connectivity index (χ0) is 19.6. The molecule has 28 heavy (non-hydrogen) atoms. The molecule has 0 aromatic heterocycles. The minimum atomic E-state index is -3.68. The fourth-order valence-electron chi connectivity index (χ4n) is 4.01. The van der Waals surface area contributed by atoms with Crippen molar-refractivity contribution in [1.29, 1.82) is 0 Å². The SMILES string of the molecule is CCOc1ccc(NC(=O)C2CC3CCCCC3N2)cc1S(=O)(=O)N(C)C.Cl. The Bertz CT molecular complexity index is 786. The molecule has 1 aliphatic heterocycles. The number of nitrogens with zero attached hydrogens (tertiary/aromatic N) is 1. The highest BCUT2D eigenvalue weighted by Gasteiger charge is 2.38. The van der Waals surface area contributed by atoms with E-state index in [0.717, 1.165) is 17.1 Å². The van der Waals surface area contributed by atoms with Gasteiger partial charge in [-0.05, 0) is 50.3 Å². The summed E-state index contributed by atoms with van der Waals surface area (Å²) in [6, 6.07) is 4.95. The number of halogens is 1. The molecule has 0 spiro atoms. The second-order valence-corrected chi connectivity index (χ2v) is 9.60. The Morgan fingerprint density at radius 1 is 1.29 bits per heavy atom. The Balaban J connectivity index is 0.00000280. The maximum Gasteiger partial charge on any atom is 0.246 e. The molecule has 3 rings (SSSR count). The lowest BCUT2D eigenvalue weighted by Crippen LogP contribution is -2.39. The minimum Gasteiger partial charge on any atom is -0.492 e. The highest BCUT2D eigenvalue weighted by molar-refractivity contribution is 7.89. The smallest absolute Gasteiger partial charge is 0.246 e. The fourth-order valence-corrected chi connectivity index (χ4v) is 5.06. The van der Waals surface area contributed by atoms with Crippen LogP contribution in [0, 0.1) is 5.92 Å². The lowest BCUT2D eigenvalue weighted by Gasteiger charge is -2.24. The summed E-state index contributed by atoms with van der Waals surface area (Å²) in [6.07, 6.45) is 5.60. The quantitative estimate of drug-likeness (QED) is 0.722. The van der Waals surface area contributed by atoms with Crippen LogP contribution in [0.2, 0.25) is 0 Å². The summed E-state index contributed by atoms with van der Waals surface area (Å²) >= 11 is 0. The maximum atomic E-state index is 12.7. The maximum absolute atomic E-state index is 12.7. The first-order valence-corrected chi connectivity index (χ1v) is 11.0. The van der Waals surface area contributed by atoms with Crippen LogP contribution in [-0.4, -0.2) is 51.4 Å². The molecule has 0 radical (unpaired) electrons. The Labute approximate surface area is 173 Å². The third-order valence-electron chi connectivity index (χ3n) is 5.45. The van der Waals surface area contributed by atoms with Gasteiger partial charge in [0, 0.05) is 25.8 Å². The average Bonchev–Trinajstić information content (AvgIpc) is 3.07. The van der Waals surface area contributed by atoms with Gasteiger partial charge in [0.05, 0.1) is 12.6 Å². The van der Waals surface area contributed by atoms with Gasteiger partial charge in [0.1, 0.15) is 10.6 Å². The Hall–Kier alpha value is -1.35. The van der Waals surface area contributed by atoms with E-state index >= 15 is 0 Å². The van der Waals surface area contributed by atoms with Crippen molar-refractivity contribution in [2.75, 3.05) is 26.0 Å². The van der Waals surface area contributed by atoms with Gasteiger partial charge in [0.15, 0.2) is 0 Å². The summed E-state index contributed by atoms with van der Waals surface area (Å²) in [7, 11) is -0.737. The van der Waals surface area contributed by atoms with E-state index in [9.17, 15) is 13.2 Å². The van der Waals surface area contributed by atoms with Crippen LogP contribution in [-0.2, 0) is 14.8 Å². The first kappa shape index (κ1) is 22.9. The van der Waals surface area contributed by atoms with E-state index in [0.29, 0.717) is 24.3 Å². The number of sulfonamides is 1. The van der Waals surface area contributed by atoms with Crippen molar-refractivity contribution in [3.8, 4) is 5.75 Å². The van der Waals surface area contributed by atoms with E-state index in [2.05, 4.69) is 10.6 Å². The van der Waals surface area contributed by atoms with Gasteiger partial charge < -0.3 is 15.4 Å². The molecular formula is C19H30ClN3O4S. The predicted octanol–water partition coefficient (Wildman–Crippen LogP) is 2.62. The van der Waals surface area contributed by atoms with Crippen molar-refractivity contribution in [2.24, 2.45) is 5.92 Å². The third kappa shape index (κ3) is 4.79. The van der Waals surface area contributed by atoms with Gasteiger partial charge in [0.2, 0.25) is 15.9 Å². The second-order valence-electron chi connectivity index (χ2n) is 7.48. The lowest BCUT2D eigenvalue weighted by molar-refractivity contribution is -0.117. The number of fused-ring (bicyclic) bond motifs is 1. The second kappa shape index (κ2) is 9.43. The number of carbonyl (C=O) groups excluding carboxylic acids is 1. The van der Waals surface area contributed by atoms with E-state index < -0.39 is 10.0 Å². The van der Waals surface area contributed by atoms with E-state index in [-0.39, 0.29) is 35.0 Å². The van der Waals surface area contributed by atoms with E-state index in [1.54, 1.807) is 19.1 Å². The van der Waals surface area contributed by atoms with Crippen LogP contribution in [0.1, 0.15) is 39.0 Å². The van der Waals surface area contributed by atoms with Crippen molar-refractivity contribution < 1.29 is 17.9 Å². The topological polar surface area (TPSA) is 87.7 Å². The third-order valence-corrected chi connectivity index (χ3v) is 7.29. The Morgan fingerprint density at radius 2 is 2.00 bits per heavy atom. The molecule has 1 heterocycles. The standard InChI is InChI=1S/C19H29N3O4S.ClH/c1-4-26-17-10-9-14(12-18(17)27(24,25)22(2)3)20-19(23)16-11-13-7-5-6-8-15(13)21-16;/h9-10,12-13,15-16,21H,4-8,11H2,1-3H3,(H,20,23);1H. The highest BCUT2D eigenvalue weighted by Crippen LogP contribution is 2.34. The van der Waals surface area contributed by atoms with Crippen LogP contribution in [0.4, 0.5) is 5.69 Å². The molecule has 3 unspecified atom stereocenters. The lowest BCUT2D eigenvalue weighted by atomic mass is 9.85. The van der Waals surface area contributed by atoms with Crippen molar-refractivity contribution in [1.82, 2.24) is 9.62 Å². The molecule has 1 aromatic carbocycles. The number of hydrogen-bond donors (Lipinski definition) is 2. The average molecular weight is 432 g/mol. The zero-order valence-corrected chi connectivity index (χ0v) is 18.2. The molecule has 2 N–H and O–H groups in total. The molecule has 1 aliphatic carbocycles. The largest absolute Gasteiger partial charge is 0.492 e. The predicted molar refractivity (Wildman–Crippen MR) is 112 cm³/mol. The number of rotatable bonds is 6. The van der Waals surface area contributed by atoms with Crippen LogP contribution < -0.4 is 15.4 Å². The molecule has 3 atom stereocenters. The molecule has 0 bridgehead atoms. The molecule has 1 amide bonds. The van der Waals surface area contributed by atoms with Gasteiger partial charge in [-0.15, -0.1) is 12.4 Å². The van der Waals surface area contributed by atoms with Crippen LogP contribution in [0.3, 0.4) is 0 Å². The van der Waals surface area contributed by atoms with Crippen molar-refractivity contribution >= 4 is 34.0 Å². The fraction of sp³-hybridized carbons (Fsp3) is 0.632. The molecule has 1 aromatic rings. The number of hydrogen-bond acceptors (Lipinski definition) is 5. The van der Waals surface area contributed by atoms with Crippen LogP contribution >= 0.6 is 12.4 Å². The summed E-state index contributed by atoms with van der Waals surface area (Å²) in [5.74, 6) is 0.746. The van der Waals surface area contributed by atoms with Gasteiger partial charge in [0.25, 0.3) is 0 Å². The van der Waals surface area contributed by atoms with Crippen LogP contribution in [0.15, 0.2) is 23.1 Å². The summed E-state index contributed by atoms with van der Waals surface area (Å²) in [4.78, 5) is 12.8. The van der Waals surface area contributed by atoms with Gasteiger partial charge in [-0.2, -0.15) is 0 Å². The molecule has 7 nitrogen and oxygen atoms in total. The zero-order valence-electron chi connectivity index (χ0n) is 16.6. The first-order valence-electron chi connectivity index (χ1n) is 9.59. The van der Waals surface area contributed by atoms with Crippen molar-refractivity contribution in [2.45, 2.75) is 56.0 Å². The summed E-state index contributed by atoms with van der Waals surface area (Å²) < 4.78 is 31.8. The number of amides is 1. The monoisotopic (exact) mass is 431 g/mol. The summed E-state index contributed by atoms with van der Waals surface area (Å²) in [6.45, 7) is 2.16. The highest BCUT2D eigenvalue weighted by atomic mass is 35.5. The molecular weight excluding hydrogens is 402 g/mol. The molecule has 9 heteroatoms. The number of ether oxygens (including phenoxy) is 1. The van der Waals surface area contributed by atoms with Gasteiger partial charge in [-0.25, -0.2) is 12.7 Å². The van der Waals surface area contributed by atoms with Gasteiger partial charge in [-0.3, -0.25) is 4.79 Å². The van der Waals surface area contributed by atoms with Gasteiger partial charge >= 0.3 is 0 Å². The Morgan fingerprint density at radius 3 is 2.64 bits per heavy atom. The molecule has 2 fully saturated rings. The number of carbonyl (C=O) groups is 1. The Kier molecular flexibility index (Phi) is 7.73. The first-order chi connectivity index (χ1) is 12.8. The number of nitrogens with one attached hydrogen (secondary N) is 2. The van der Waals surface area contributed by atoms with Gasteiger partial charge in [-0.1, -0.05) is 12.8 Å². The number of benzene rings is 1. The number of anilines is 1. The molecule has 2 aliphatic rings.